The molecule has 1 unspecified atom stereocenters. The number of aliphatic carboxylic acids is 1. The number of hydrogen-bond acceptors (Lipinski definition) is 4. The maximum Gasteiger partial charge on any atom is 0.325 e. The number of rotatable bonds is 3. The normalized spacial score (nSPS) is 11.5. The van der Waals surface area contributed by atoms with Crippen molar-refractivity contribution in [1.82, 2.24) is 0 Å². The predicted octanol–water partition coefficient (Wildman–Crippen LogP) is 0.651. The lowest BCUT2D eigenvalue weighted by Gasteiger charge is -2.08. The molecule has 0 heterocycles. The number of ether oxygens (including phenoxy) is 1. The quantitative estimate of drug-likeness (QED) is 0.756. The van der Waals surface area contributed by atoms with E-state index in [0.717, 1.165) is 0 Å². The topological polar surface area (TPSA) is 96.3 Å². The van der Waals surface area contributed by atoms with Gasteiger partial charge in [0.25, 0.3) is 0 Å². The number of carbonyl (C=O) groups is 1. The smallest absolute Gasteiger partial charge is 0.325 e. The van der Waals surface area contributed by atoms with Gasteiger partial charge >= 0.3 is 5.97 Å². The average molecular weight is 206 g/mol. The first-order chi connectivity index (χ1) is 7.10. The van der Waals surface area contributed by atoms with Crippen LogP contribution in [0.4, 0.5) is 0 Å². The molecule has 15 heavy (non-hydrogen) atoms. The summed E-state index contributed by atoms with van der Waals surface area (Å²) in [6.07, 6.45) is 0. The first-order valence-corrected chi connectivity index (χ1v) is 4.16. The zero-order valence-electron chi connectivity index (χ0n) is 8.10. The predicted molar refractivity (Wildman–Crippen MR) is 52.3 cm³/mol. The van der Waals surface area contributed by atoms with Crippen LogP contribution in [0.25, 0.3) is 0 Å². The summed E-state index contributed by atoms with van der Waals surface area (Å²) in [5, 5.41) is 17.5. The fourth-order valence-corrected chi connectivity index (χ4v) is 1.15. The van der Waals surface area contributed by atoms with E-state index in [9.17, 15) is 4.79 Å². The molecule has 5 heteroatoms. The van der Waals surface area contributed by atoms with Crippen LogP contribution < -0.4 is 10.5 Å². The van der Waals surface area contributed by atoms with E-state index >= 15 is 0 Å². The maximum atomic E-state index is 10.6. The molecule has 0 aromatic heterocycles. The van der Waals surface area contributed by atoms with Crippen LogP contribution in [0.15, 0.2) is 18.2 Å². The minimum Gasteiger partial charge on any atom is -0.495 e. The van der Waals surface area contributed by atoms with Gasteiger partial charge in [-0.1, -0.05) is 6.07 Å². The van der Waals surface area contributed by atoms with Crippen molar-refractivity contribution >= 4 is 5.97 Å². The molecule has 3 N–H and O–H groups in total. The number of carboxylic acids is 1. The van der Waals surface area contributed by atoms with E-state index in [2.05, 4.69) is 0 Å². The first kappa shape index (κ1) is 11.0. The molecule has 0 aliphatic heterocycles. The summed E-state index contributed by atoms with van der Waals surface area (Å²) in [7, 11) is 1.44. The van der Waals surface area contributed by atoms with Crippen LogP contribution in [0, 0.1) is 11.3 Å². The molecule has 1 aromatic carbocycles. The van der Waals surface area contributed by atoms with Crippen molar-refractivity contribution in [2.45, 2.75) is 6.04 Å². The third-order valence-corrected chi connectivity index (χ3v) is 1.97. The second-order valence-corrected chi connectivity index (χ2v) is 2.89. The summed E-state index contributed by atoms with van der Waals surface area (Å²) in [5.74, 6) is -0.733. The van der Waals surface area contributed by atoms with Crippen molar-refractivity contribution < 1.29 is 14.6 Å². The summed E-state index contributed by atoms with van der Waals surface area (Å²) < 4.78 is 4.92. The van der Waals surface area contributed by atoms with Gasteiger partial charge < -0.3 is 15.6 Å². The molecule has 0 aliphatic carbocycles. The monoisotopic (exact) mass is 206 g/mol. The molecule has 1 atom stereocenters. The van der Waals surface area contributed by atoms with Crippen molar-refractivity contribution in [2.24, 2.45) is 5.73 Å². The van der Waals surface area contributed by atoms with Crippen LogP contribution >= 0.6 is 0 Å². The standard InChI is InChI=1S/C10H10N2O3/c1-15-8-3-2-6(4-7(8)5-11)9(12)10(13)14/h2-4,9H,12H2,1H3,(H,13,14). The molecule has 1 aromatic rings. The van der Waals surface area contributed by atoms with E-state index < -0.39 is 12.0 Å². The number of methoxy groups -OCH3 is 1. The van der Waals surface area contributed by atoms with Crippen LogP contribution in [0.5, 0.6) is 5.75 Å². The summed E-state index contributed by atoms with van der Waals surface area (Å²) in [6.45, 7) is 0. The lowest BCUT2D eigenvalue weighted by Crippen LogP contribution is -2.20. The maximum absolute atomic E-state index is 10.6. The minimum atomic E-state index is -1.14. The Morgan fingerprint density at radius 3 is 2.80 bits per heavy atom. The Labute approximate surface area is 86.7 Å². The van der Waals surface area contributed by atoms with Gasteiger partial charge in [0.2, 0.25) is 0 Å². The van der Waals surface area contributed by atoms with Gasteiger partial charge in [0.05, 0.1) is 12.7 Å². The Morgan fingerprint density at radius 1 is 1.67 bits per heavy atom. The molecule has 5 nitrogen and oxygen atoms in total. The number of nitrogens with two attached hydrogens (primary N) is 1. The Bertz CT molecular complexity index is 423. The summed E-state index contributed by atoms with van der Waals surface area (Å²) in [6, 6.07) is 5.25. The van der Waals surface area contributed by atoms with E-state index in [0.29, 0.717) is 11.3 Å². The largest absolute Gasteiger partial charge is 0.495 e. The molecule has 0 amide bonds. The molecule has 1 rings (SSSR count). The number of benzene rings is 1. The van der Waals surface area contributed by atoms with Gasteiger partial charge in [-0.05, 0) is 17.7 Å². The van der Waals surface area contributed by atoms with E-state index in [-0.39, 0.29) is 5.56 Å². The van der Waals surface area contributed by atoms with Crippen molar-refractivity contribution in [3.63, 3.8) is 0 Å². The first-order valence-electron chi connectivity index (χ1n) is 4.16. The van der Waals surface area contributed by atoms with Crippen molar-refractivity contribution in [2.75, 3.05) is 7.11 Å². The molecule has 0 saturated heterocycles. The number of nitrogens with zero attached hydrogens (tertiary/aromatic N) is 1. The van der Waals surface area contributed by atoms with E-state index in [1.54, 1.807) is 0 Å². The highest BCUT2D eigenvalue weighted by Gasteiger charge is 2.15. The fourth-order valence-electron chi connectivity index (χ4n) is 1.15. The molecular formula is C10H10N2O3. The van der Waals surface area contributed by atoms with Gasteiger partial charge in [-0.15, -0.1) is 0 Å². The van der Waals surface area contributed by atoms with Gasteiger partial charge in [0.1, 0.15) is 17.9 Å². The van der Waals surface area contributed by atoms with Gasteiger partial charge in [0, 0.05) is 0 Å². The molecule has 0 fully saturated rings. The Balaban J connectivity index is 3.15. The molecule has 0 radical (unpaired) electrons. The molecule has 0 aliphatic rings. The summed E-state index contributed by atoms with van der Waals surface area (Å²) in [4.78, 5) is 10.6. The molecule has 0 spiro atoms. The number of nitriles is 1. The summed E-state index contributed by atoms with van der Waals surface area (Å²) in [5.41, 5.74) is 6.05. The Kier molecular flexibility index (Phi) is 3.26. The van der Waals surface area contributed by atoms with Crippen LogP contribution in [0.2, 0.25) is 0 Å². The lowest BCUT2D eigenvalue weighted by molar-refractivity contribution is -0.138. The van der Waals surface area contributed by atoms with Crippen LogP contribution in [0.1, 0.15) is 17.2 Å². The molecular weight excluding hydrogens is 196 g/mol. The third kappa shape index (κ3) is 2.24. The third-order valence-electron chi connectivity index (χ3n) is 1.97. The number of hydrogen-bond donors (Lipinski definition) is 2. The van der Waals surface area contributed by atoms with Gasteiger partial charge in [-0.25, -0.2) is 0 Å². The second-order valence-electron chi connectivity index (χ2n) is 2.89. The van der Waals surface area contributed by atoms with Crippen LogP contribution in [-0.2, 0) is 4.79 Å². The van der Waals surface area contributed by atoms with Crippen LogP contribution in [-0.4, -0.2) is 18.2 Å². The van der Waals surface area contributed by atoms with E-state index in [4.69, 9.17) is 20.8 Å². The highest BCUT2D eigenvalue weighted by molar-refractivity contribution is 5.75. The number of carboxylic acid groups (broad SMARTS) is 1. The average Bonchev–Trinajstić information content (AvgIpc) is 2.26. The van der Waals surface area contributed by atoms with E-state index in [1.165, 1.54) is 25.3 Å². The fraction of sp³-hybridized carbons (Fsp3) is 0.200. The molecule has 78 valence electrons. The minimum absolute atomic E-state index is 0.270. The highest BCUT2D eigenvalue weighted by Crippen LogP contribution is 2.21. The lowest BCUT2D eigenvalue weighted by atomic mass is 10.0. The zero-order chi connectivity index (χ0) is 11.4. The molecule has 0 saturated carbocycles. The van der Waals surface area contributed by atoms with Gasteiger partial charge in [-0.3, -0.25) is 4.79 Å². The zero-order valence-corrected chi connectivity index (χ0v) is 8.10. The van der Waals surface area contributed by atoms with Crippen LogP contribution in [0.3, 0.4) is 0 Å². The SMILES string of the molecule is COc1ccc(C(N)C(=O)O)cc1C#N. The van der Waals surface area contributed by atoms with Gasteiger partial charge in [0.15, 0.2) is 0 Å². The Morgan fingerprint density at radius 2 is 2.33 bits per heavy atom. The van der Waals surface area contributed by atoms with E-state index in [1.807, 2.05) is 6.07 Å². The van der Waals surface area contributed by atoms with Crippen molar-refractivity contribution in [3.05, 3.63) is 29.3 Å². The van der Waals surface area contributed by atoms with Crippen molar-refractivity contribution in [3.8, 4) is 11.8 Å². The summed E-state index contributed by atoms with van der Waals surface area (Å²) >= 11 is 0. The Hall–Kier alpha value is -2.06. The highest BCUT2D eigenvalue weighted by atomic mass is 16.5. The van der Waals surface area contributed by atoms with Crippen molar-refractivity contribution in [1.29, 1.82) is 5.26 Å². The molecule has 0 bridgehead atoms. The van der Waals surface area contributed by atoms with Gasteiger partial charge in [-0.2, -0.15) is 5.26 Å². The second kappa shape index (κ2) is 4.44.